The highest BCUT2D eigenvalue weighted by molar-refractivity contribution is 5.90. The molecule has 8 nitrogen and oxygen atoms in total. The van der Waals surface area contributed by atoms with Crippen LogP contribution in [0.2, 0.25) is 0 Å². The van der Waals surface area contributed by atoms with E-state index in [0.717, 1.165) is 17.0 Å². The Labute approximate surface area is 181 Å². The van der Waals surface area contributed by atoms with Crippen LogP contribution < -0.4 is 10.2 Å². The zero-order valence-electron chi connectivity index (χ0n) is 16.9. The van der Waals surface area contributed by atoms with Gasteiger partial charge in [-0.05, 0) is 30.3 Å². The highest BCUT2D eigenvalue weighted by Crippen LogP contribution is 2.32. The molecule has 32 heavy (non-hydrogen) atoms. The van der Waals surface area contributed by atoms with Crippen molar-refractivity contribution < 1.29 is 27.9 Å². The number of carbonyl (C=O) groups excluding carboxylic acids is 3. The number of amides is 2. The molecule has 1 fully saturated rings. The lowest BCUT2D eigenvalue weighted by atomic mass is 10.1. The maximum absolute atomic E-state index is 14.9. The lowest BCUT2D eigenvalue weighted by molar-refractivity contribution is -0.119. The molecule has 1 atom stereocenters. The average molecular weight is 440 g/mol. The van der Waals surface area contributed by atoms with Gasteiger partial charge in [-0.1, -0.05) is 0 Å². The van der Waals surface area contributed by atoms with Gasteiger partial charge in [0.1, 0.15) is 23.6 Å². The maximum Gasteiger partial charge on any atom is 0.414 e. The Bertz CT molecular complexity index is 1170. The minimum Gasteiger partial charge on any atom is -0.442 e. The number of carbonyl (C=O) groups is 3. The van der Waals surface area contributed by atoms with Crippen molar-refractivity contribution in [1.82, 2.24) is 14.9 Å². The van der Waals surface area contributed by atoms with Crippen LogP contribution in [-0.2, 0) is 9.53 Å². The molecule has 1 aromatic carbocycles. The lowest BCUT2D eigenvalue weighted by Crippen LogP contribution is -2.33. The molecule has 164 valence electrons. The number of halogens is 2. The number of cyclic esters (lactones) is 1. The number of ether oxygens (including phenoxy) is 1. The van der Waals surface area contributed by atoms with Crippen molar-refractivity contribution in [3.05, 3.63) is 66.1 Å². The summed E-state index contributed by atoms with van der Waals surface area (Å²) >= 11 is 0. The van der Waals surface area contributed by atoms with E-state index in [4.69, 9.17) is 4.74 Å². The number of aromatic nitrogens is 2. The summed E-state index contributed by atoms with van der Waals surface area (Å²) in [5, 5.41) is 2.54. The van der Waals surface area contributed by atoms with Crippen LogP contribution in [-0.4, -0.2) is 47.0 Å². The molecule has 1 N–H and O–H groups in total. The summed E-state index contributed by atoms with van der Waals surface area (Å²) in [4.78, 5) is 39.3. The van der Waals surface area contributed by atoms with E-state index in [1.165, 1.54) is 19.2 Å². The van der Waals surface area contributed by atoms with Crippen LogP contribution in [0.3, 0.4) is 0 Å². The minimum absolute atomic E-state index is 0.0115. The standard InChI is InChI=1S/C22H18F2N4O4/c1-13(30)25-9-17-11-28(22(31)32-17)16-6-18(23)21(19(24)7-16)15-2-3-20(26-8-15)27-5-4-14(10-27)12-29/h2-8,10,12,17H,9,11H2,1H3,(H,25,30)/t17-/m0/s1. The maximum atomic E-state index is 14.9. The second-order valence-electron chi connectivity index (χ2n) is 7.21. The van der Waals surface area contributed by atoms with Gasteiger partial charge in [-0.3, -0.25) is 14.5 Å². The number of nitrogens with one attached hydrogen (secondary N) is 1. The fourth-order valence-electron chi connectivity index (χ4n) is 3.40. The number of benzene rings is 1. The highest BCUT2D eigenvalue weighted by atomic mass is 19.1. The molecule has 3 aromatic rings. The number of hydrogen-bond donors (Lipinski definition) is 1. The van der Waals surface area contributed by atoms with Crippen LogP contribution in [0.25, 0.3) is 16.9 Å². The van der Waals surface area contributed by atoms with E-state index >= 15 is 0 Å². The van der Waals surface area contributed by atoms with Crippen molar-refractivity contribution in [1.29, 1.82) is 0 Å². The molecule has 0 saturated carbocycles. The Balaban J connectivity index is 1.56. The zero-order chi connectivity index (χ0) is 22.8. The largest absolute Gasteiger partial charge is 0.442 e. The minimum atomic E-state index is -0.864. The molecule has 0 radical (unpaired) electrons. The lowest BCUT2D eigenvalue weighted by Gasteiger charge is -2.15. The Kier molecular flexibility index (Phi) is 5.67. The number of nitrogens with zero attached hydrogens (tertiary/aromatic N) is 3. The molecule has 0 unspecified atom stereocenters. The Morgan fingerprint density at radius 2 is 2.03 bits per heavy atom. The molecule has 1 aliphatic rings. The molecule has 1 saturated heterocycles. The number of anilines is 1. The molecule has 10 heteroatoms. The van der Waals surface area contributed by atoms with Crippen LogP contribution in [0.4, 0.5) is 19.3 Å². The van der Waals surface area contributed by atoms with Crippen LogP contribution in [0.15, 0.2) is 48.9 Å². The van der Waals surface area contributed by atoms with E-state index in [9.17, 15) is 23.2 Å². The first-order chi connectivity index (χ1) is 15.4. The summed E-state index contributed by atoms with van der Waals surface area (Å²) < 4.78 is 36.4. The fourth-order valence-corrected chi connectivity index (χ4v) is 3.40. The first kappa shape index (κ1) is 21.2. The van der Waals surface area contributed by atoms with Crippen LogP contribution in [0.1, 0.15) is 17.3 Å². The molecule has 0 bridgehead atoms. The van der Waals surface area contributed by atoms with Gasteiger partial charge in [-0.15, -0.1) is 0 Å². The van der Waals surface area contributed by atoms with Crippen molar-refractivity contribution in [2.45, 2.75) is 13.0 Å². The number of pyridine rings is 1. The van der Waals surface area contributed by atoms with Gasteiger partial charge in [0.2, 0.25) is 5.91 Å². The van der Waals surface area contributed by atoms with Crippen molar-refractivity contribution in [3.63, 3.8) is 0 Å². The van der Waals surface area contributed by atoms with Crippen LogP contribution >= 0.6 is 0 Å². The van der Waals surface area contributed by atoms with Gasteiger partial charge in [0.25, 0.3) is 0 Å². The van der Waals surface area contributed by atoms with E-state index in [1.54, 1.807) is 29.1 Å². The summed E-state index contributed by atoms with van der Waals surface area (Å²) in [5.41, 5.74) is 0.419. The SMILES string of the molecule is CC(=O)NC[C@H]1CN(c2cc(F)c(-c3ccc(-n4ccc(C=O)c4)nc3)c(F)c2)C(=O)O1. The molecule has 2 amide bonds. The third-order valence-electron chi connectivity index (χ3n) is 4.94. The van der Waals surface area contributed by atoms with Crippen molar-refractivity contribution in [2.24, 2.45) is 0 Å². The Morgan fingerprint density at radius 3 is 2.62 bits per heavy atom. The zero-order valence-corrected chi connectivity index (χ0v) is 16.9. The summed E-state index contributed by atoms with van der Waals surface area (Å²) in [7, 11) is 0. The van der Waals surface area contributed by atoms with Crippen molar-refractivity contribution >= 4 is 24.0 Å². The normalized spacial score (nSPS) is 15.5. The van der Waals surface area contributed by atoms with E-state index in [1.807, 2.05) is 0 Å². The van der Waals surface area contributed by atoms with Gasteiger partial charge < -0.3 is 14.6 Å². The van der Waals surface area contributed by atoms with Gasteiger partial charge in [0.15, 0.2) is 6.29 Å². The summed E-state index contributed by atoms with van der Waals surface area (Å²) in [6, 6.07) is 6.80. The smallest absolute Gasteiger partial charge is 0.414 e. The first-order valence-electron chi connectivity index (χ1n) is 9.67. The van der Waals surface area contributed by atoms with E-state index in [0.29, 0.717) is 17.7 Å². The second kappa shape index (κ2) is 8.58. The third-order valence-corrected chi connectivity index (χ3v) is 4.94. The van der Waals surface area contributed by atoms with Gasteiger partial charge in [-0.25, -0.2) is 18.6 Å². The molecule has 4 rings (SSSR count). The topological polar surface area (TPSA) is 93.5 Å². The molecular formula is C22H18F2N4O4. The molecular weight excluding hydrogens is 422 g/mol. The van der Waals surface area contributed by atoms with E-state index < -0.39 is 23.8 Å². The Morgan fingerprint density at radius 1 is 1.28 bits per heavy atom. The van der Waals surface area contributed by atoms with Crippen molar-refractivity contribution in [2.75, 3.05) is 18.0 Å². The molecule has 2 aromatic heterocycles. The predicted octanol–water partition coefficient (Wildman–Crippen LogP) is 3.09. The fraction of sp³-hybridized carbons (Fsp3) is 0.182. The number of aldehydes is 1. The molecule has 1 aliphatic heterocycles. The van der Waals surface area contributed by atoms with Gasteiger partial charge >= 0.3 is 6.09 Å². The summed E-state index contributed by atoms with van der Waals surface area (Å²) in [5.74, 6) is -1.53. The highest BCUT2D eigenvalue weighted by Gasteiger charge is 2.33. The van der Waals surface area contributed by atoms with Gasteiger partial charge in [0.05, 0.1) is 24.3 Å². The quantitative estimate of drug-likeness (QED) is 0.595. The predicted molar refractivity (Wildman–Crippen MR) is 111 cm³/mol. The first-order valence-corrected chi connectivity index (χ1v) is 9.67. The van der Waals surface area contributed by atoms with Crippen LogP contribution in [0.5, 0.6) is 0 Å². The van der Waals surface area contributed by atoms with Crippen molar-refractivity contribution in [3.8, 4) is 16.9 Å². The average Bonchev–Trinajstić information content (AvgIpc) is 3.39. The third kappa shape index (κ3) is 4.20. The number of hydrogen-bond acceptors (Lipinski definition) is 5. The van der Waals surface area contributed by atoms with Gasteiger partial charge in [-0.2, -0.15) is 0 Å². The van der Waals surface area contributed by atoms with Gasteiger partial charge in [0, 0.05) is 36.6 Å². The molecule has 0 aliphatic carbocycles. The summed E-state index contributed by atoms with van der Waals surface area (Å²) in [6.07, 6.45) is 3.89. The number of rotatable bonds is 6. The molecule has 3 heterocycles. The summed E-state index contributed by atoms with van der Waals surface area (Å²) in [6.45, 7) is 1.49. The van der Waals surface area contributed by atoms with Crippen LogP contribution in [0, 0.1) is 11.6 Å². The molecule has 0 spiro atoms. The van der Waals surface area contributed by atoms with E-state index in [-0.39, 0.29) is 35.8 Å². The Hall–Kier alpha value is -4.08. The second-order valence-corrected chi connectivity index (χ2v) is 7.21. The monoisotopic (exact) mass is 440 g/mol. The van der Waals surface area contributed by atoms with E-state index in [2.05, 4.69) is 10.3 Å².